The molecule has 2 unspecified atom stereocenters. The minimum Gasteiger partial charge on any atom is -0.481 e. The maximum Gasteiger partial charge on any atom is 0.215 e. The van der Waals surface area contributed by atoms with Gasteiger partial charge in [0.25, 0.3) is 0 Å². The minimum absolute atomic E-state index is 0.534. The summed E-state index contributed by atoms with van der Waals surface area (Å²) in [6.45, 7) is 3.54. The first-order chi connectivity index (χ1) is 14.8. The van der Waals surface area contributed by atoms with Crippen molar-refractivity contribution in [2.45, 2.75) is 31.7 Å². The van der Waals surface area contributed by atoms with Gasteiger partial charge in [0.2, 0.25) is 11.8 Å². The Morgan fingerprint density at radius 3 is 2.50 bits per heavy atom. The van der Waals surface area contributed by atoms with Gasteiger partial charge >= 0.3 is 0 Å². The Bertz CT molecular complexity index is 968. The van der Waals surface area contributed by atoms with Crippen LogP contribution in [0.15, 0.2) is 67.0 Å². The van der Waals surface area contributed by atoms with Crippen LogP contribution in [0.25, 0.3) is 0 Å². The zero-order valence-electron chi connectivity index (χ0n) is 17.1. The van der Waals surface area contributed by atoms with Crippen LogP contribution in [0.3, 0.4) is 0 Å². The Kier molecular flexibility index (Phi) is 5.24. The summed E-state index contributed by atoms with van der Waals surface area (Å²) in [4.78, 5) is 13.8. The number of anilines is 1. The number of nitrogens with zero attached hydrogens (tertiary/aromatic N) is 4. The molecule has 0 aliphatic carbocycles. The molecular formula is C24H26N4O2. The number of methoxy groups -OCH3 is 1. The molecule has 3 aromatic rings. The molecule has 0 radical (unpaired) electrons. The predicted molar refractivity (Wildman–Crippen MR) is 116 cm³/mol. The smallest absolute Gasteiger partial charge is 0.215 e. The quantitative estimate of drug-likeness (QED) is 0.603. The van der Waals surface area contributed by atoms with E-state index >= 15 is 0 Å². The summed E-state index contributed by atoms with van der Waals surface area (Å²) in [6.07, 6.45) is 5.03. The SMILES string of the molecule is COc1ccc(CN2C3CC2CN(c2ccnc(OCc4ccccc4)c2)C3)cn1. The van der Waals surface area contributed by atoms with Gasteiger partial charge in [-0.2, -0.15) is 0 Å². The van der Waals surface area contributed by atoms with Gasteiger partial charge in [-0.05, 0) is 23.6 Å². The van der Waals surface area contributed by atoms with Gasteiger partial charge in [0, 0.05) is 61.9 Å². The van der Waals surface area contributed by atoms with Gasteiger partial charge in [-0.1, -0.05) is 36.4 Å². The van der Waals surface area contributed by atoms with Crippen LogP contribution in [0, 0.1) is 0 Å². The lowest BCUT2D eigenvalue weighted by molar-refractivity contribution is -0.00853. The summed E-state index contributed by atoms with van der Waals surface area (Å²) in [5.74, 6) is 1.34. The van der Waals surface area contributed by atoms with Crippen LogP contribution >= 0.6 is 0 Å². The zero-order chi connectivity index (χ0) is 20.3. The maximum absolute atomic E-state index is 5.92. The molecule has 2 aromatic heterocycles. The number of benzene rings is 1. The molecule has 0 saturated carbocycles. The first-order valence-electron chi connectivity index (χ1n) is 10.4. The number of rotatable bonds is 7. The van der Waals surface area contributed by atoms with Crippen LogP contribution in [0.2, 0.25) is 0 Å². The first kappa shape index (κ1) is 18.9. The van der Waals surface area contributed by atoms with E-state index in [0.29, 0.717) is 30.5 Å². The largest absolute Gasteiger partial charge is 0.481 e. The fourth-order valence-corrected chi connectivity index (χ4v) is 4.40. The van der Waals surface area contributed by atoms with Gasteiger partial charge in [-0.25, -0.2) is 9.97 Å². The summed E-state index contributed by atoms with van der Waals surface area (Å²) in [7, 11) is 1.65. The number of ether oxygens (including phenoxy) is 2. The second kappa shape index (κ2) is 8.32. The summed E-state index contributed by atoms with van der Waals surface area (Å²) in [5, 5.41) is 0. The van der Waals surface area contributed by atoms with Crippen LogP contribution in [0.4, 0.5) is 5.69 Å². The highest BCUT2D eigenvalue weighted by Crippen LogP contribution is 2.36. The van der Waals surface area contributed by atoms with Crippen LogP contribution < -0.4 is 14.4 Å². The lowest BCUT2D eigenvalue weighted by Gasteiger charge is -2.57. The Morgan fingerprint density at radius 2 is 1.77 bits per heavy atom. The molecule has 3 fully saturated rings. The van der Waals surface area contributed by atoms with Gasteiger partial charge in [-0.3, -0.25) is 4.90 Å². The second-order valence-electron chi connectivity index (χ2n) is 7.96. The number of hydrogen-bond acceptors (Lipinski definition) is 6. The molecule has 5 heterocycles. The Balaban J connectivity index is 1.19. The Morgan fingerprint density at radius 1 is 0.933 bits per heavy atom. The highest BCUT2D eigenvalue weighted by atomic mass is 16.5. The molecule has 3 aliphatic rings. The summed E-state index contributed by atoms with van der Waals surface area (Å²) in [6, 6.07) is 19.5. The number of fused-ring (bicyclic) bond motifs is 2. The molecule has 2 atom stereocenters. The average Bonchev–Trinajstić information content (AvgIpc) is 2.82. The van der Waals surface area contributed by atoms with E-state index in [1.165, 1.54) is 17.7 Å². The maximum atomic E-state index is 5.92. The number of piperidine rings is 1. The van der Waals surface area contributed by atoms with Crippen molar-refractivity contribution in [3.63, 3.8) is 0 Å². The highest BCUT2D eigenvalue weighted by molar-refractivity contribution is 5.50. The van der Waals surface area contributed by atoms with Crippen molar-refractivity contribution in [2.24, 2.45) is 0 Å². The third-order valence-corrected chi connectivity index (χ3v) is 6.03. The van der Waals surface area contributed by atoms with Crippen molar-refractivity contribution in [3.8, 4) is 11.8 Å². The molecule has 6 heteroatoms. The summed E-state index contributed by atoms with van der Waals surface area (Å²) >= 11 is 0. The number of hydrogen-bond donors (Lipinski definition) is 0. The van der Waals surface area contributed by atoms with Gasteiger partial charge in [0.05, 0.1) is 7.11 Å². The van der Waals surface area contributed by atoms with Crippen molar-refractivity contribution in [1.29, 1.82) is 0 Å². The van der Waals surface area contributed by atoms with Gasteiger partial charge in [0.1, 0.15) is 6.61 Å². The molecule has 6 nitrogen and oxygen atoms in total. The molecule has 0 N–H and O–H groups in total. The van der Waals surface area contributed by atoms with E-state index in [1.807, 2.05) is 36.7 Å². The van der Waals surface area contributed by atoms with Crippen molar-refractivity contribution < 1.29 is 9.47 Å². The molecule has 6 rings (SSSR count). The van der Waals surface area contributed by atoms with Crippen molar-refractivity contribution in [1.82, 2.24) is 14.9 Å². The summed E-state index contributed by atoms with van der Waals surface area (Å²) < 4.78 is 11.1. The van der Waals surface area contributed by atoms with Crippen LogP contribution in [-0.4, -0.2) is 47.2 Å². The van der Waals surface area contributed by atoms with Crippen LogP contribution in [0.1, 0.15) is 17.5 Å². The Hall–Kier alpha value is -3.12. The normalized spacial score (nSPS) is 20.5. The van der Waals surface area contributed by atoms with Gasteiger partial charge in [0.15, 0.2) is 0 Å². The monoisotopic (exact) mass is 402 g/mol. The summed E-state index contributed by atoms with van der Waals surface area (Å²) in [5.41, 5.74) is 3.57. The van der Waals surface area contributed by atoms with Crippen LogP contribution in [0.5, 0.6) is 11.8 Å². The van der Waals surface area contributed by atoms with Crippen LogP contribution in [-0.2, 0) is 13.2 Å². The van der Waals surface area contributed by atoms with Crippen molar-refractivity contribution in [2.75, 3.05) is 25.1 Å². The van der Waals surface area contributed by atoms with Gasteiger partial charge in [-0.15, -0.1) is 0 Å². The minimum atomic E-state index is 0.534. The van der Waals surface area contributed by atoms with Crippen molar-refractivity contribution >= 4 is 5.69 Å². The van der Waals surface area contributed by atoms with E-state index in [4.69, 9.17) is 9.47 Å². The molecule has 3 saturated heterocycles. The lowest BCUT2D eigenvalue weighted by Crippen LogP contribution is -2.68. The Labute approximate surface area is 177 Å². The number of pyridine rings is 2. The van der Waals surface area contributed by atoms with Crippen molar-refractivity contribution in [3.05, 3.63) is 78.1 Å². The fourth-order valence-electron chi connectivity index (χ4n) is 4.40. The zero-order valence-corrected chi connectivity index (χ0v) is 17.1. The molecular weight excluding hydrogens is 376 g/mol. The fraction of sp³-hybridized carbons (Fsp3) is 0.333. The molecule has 3 aliphatic heterocycles. The molecule has 30 heavy (non-hydrogen) atoms. The predicted octanol–water partition coefficient (Wildman–Crippen LogP) is 3.53. The topological polar surface area (TPSA) is 50.7 Å². The number of aromatic nitrogens is 2. The second-order valence-corrected chi connectivity index (χ2v) is 7.96. The molecule has 2 bridgehead atoms. The van der Waals surface area contributed by atoms with E-state index in [-0.39, 0.29) is 0 Å². The van der Waals surface area contributed by atoms with E-state index in [9.17, 15) is 0 Å². The highest BCUT2D eigenvalue weighted by Gasteiger charge is 2.44. The molecule has 0 amide bonds. The molecule has 154 valence electrons. The lowest BCUT2D eigenvalue weighted by atomic mass is 9.86. The van der Waals surface area contributed by atoms with E-state index in [0.717, 1.165) is 25.2 Å². The third kappa shape index (κ3) is 3.96. The average molecular weight is 402 g/mol. The first-order valence-corrected chi connectivity index (χ1v) is 10.4. The number of piperazine rings is 1. The standard InChI is InChI=1S/C24H26N4O2/c1-29-23-8-7-19(13-26-23)14-28-21-11-22(28)16-27(15-21)20-9-10-25-24(12-20)30-17-18-5-3-2-4-6-18/h2-10,12-13,21-22H,11,14-17H2,1H3. The molecule has 0 spiro atoms. The van der Waals surface area contributed by atoms with E-state index in [1.54, 1.807) is 7.11 Å². The third-order valence-electron chi connectivity index (χ3n) is 6.03. The van der Waals surface area contributed by atoms with E-state index in [2.05, 4.69) is 50.1 Å². The molecule has 1 aromatic carbocycles. The van der Waals surface area contributed by atoms with Gasteiger partial charge < -0.3 is 14.4 Å². The van der Waals surface area contributed by atoms with E-state index < -0.39 is 0 Å².